The van der Waals surface area contributed by atoms with Crippen LogP contribution in [-0.4, -0.2) is 11.1 Å². The number of hydrogen-bond donors (Lipinski definition) is 1. The van der Waals surface area contributed by atoms with E-state index in [1.807, 2.05) is 6.92 Å². The van der Waals surface area contributed by atoms with Crippen LogP contribution in [0.1, 0.15) is 11.1 Å². The second-order valence-electron chi connectivity index (χ2n) is 2.76. The van der Waals surface area contributed by atoms with Crippen molar-refractivity contribution in [3.63, 3.8) is 0 Å². The Morgan fingerprint density at radius 1 is 1.62 bits per heavy atom. The van der Waals surface area contributed by atoms with Gasteiger partial charge in [0.05, 0.1) is 11.4 Å². The number of aliphatic carboxylic acids is 1. The molecule has 1 rings (SSSR count). The van der Waals surface area contributed by atoms with Crippen LogP contribution in [0.5, 0.6) is 0 Å². The molecule has 0 spiro atoms. The minimum Gasteiger partial charge on any atom is -0.481 e. The summed E-state index contributed by atoms with van der Waals surface area (Å²) >= 11 is 9.07. The lowest BCUT2D eigenvalue weighted by Crippen LogP contribution is -2.01. The number of hydrogen-bond acceptors (Lipinski definition) is 1. The second-order valence-corrected chi connectivity index (χ2v) is 4.02. The van der Waals surface area contributed by atoms with Crippen LogP contribution < -0.4 is 0 Å². The summed E-state index contributed by atoms with van der Waals surface area (Å²) < 4.78 is 0.732. The zero-order valence-corrected chi connectivity index (χ0v) is 9.32. The van der Waals surface area contributed by atoms with Gasteiger partial charge in [0.15, 0.2) is 0 Å². The molecule has 1 N–H and O–H groups in total. The fraction of sp³-hybridized carbons (Fsp3) is 0.222. The summed E-state index contributed by atoms with van der Waals surface area (Å²) in [6.07, 6.45) is 0.0294. The highest BCUT2D eigenvalue weighted by molar-refractivity contribution is 9.10. The summed E-state index contributed by atoms with van der Waals surface area (Å²) in [5.41, 5.74) is 1.68. The van der Waals surface area contributed by atoms with Crippen molar-refractivity contribution < 1.29 is 9.90 Å². The van der Waals surface area contributed by atoms with E-state index in [9.17, 15) is 4.79 Å². The summed E-state index contributed by atoms with van der Waals surface area (Å²) in [5, 5.41) is 9.21. The van der Waals surface area contributed by atoms with Gasteiger partial charge in [-0.3, -0.25) is 4.79 Å². The highest BCUT2D eigenvalue weighted by atomic mass is 79.9. The van der Waals surface area contributed by atoms with Crippen LogP contribution in [0.2, 0.25) is 5.02 Å². The summed E-state index contributed by atoms with van der Waals surface area (Å²) in [4.78, 5) is 10.5. The Morgan fingerprint density at radius 3 is 2.77 bits per heavy atom. The monoisotopic (exact) mass is 262 g/mol. The Labute approximate surface area is 89.7 Å². The van der Waals surface area contributed by atoms with E-state index in [2.05, 4.69) is 15.9 Å². The van der Waals surface area contributed by atoms with Crippen molar-refractivity contribution in [2.45, 2.75) is 13.3 Å². The number of benzene rings is 1. The molecule has 1 aromatic carbocycles. The van der Waals surface area contributed by atoms with Crippen molar-refractivity contribution in [3.8, 4) is 0 Å². The Morgan fingerprint density at radius 2 is 2.23 bits per heavy atom. The largest absolute Gasteiger partial charge is 0.481 e. The van der Waals surface area contributed by atoms with Crippen molar-refractivity contribution in [1.82, 2.24) is 0 Å². The number of carboxylic acids is 1. The second kappa shape index (κ2) is 4.11. The highest BCUT2D eigenvalue weighted by Gasteiger charge is 2.07. The molecular formula is C9H8BrClO2. The molecule has 0 saturated heterocycles. The van der Waals surface area contributed by atoms with E-state index in [4.69, 9.17) is 16.7 Å². The van der Waals surface area contributed by atoms with E-state index >= 15 is 0 Å². The van der Waals surface area contributed by atoms with Gasteiger partial charge in [-0.1, -0.05) is 11.6 Å². The summed E-state index contributed by atoms with van der Waals surface area (Å²) in [6, 6.07) is 3.50. The molecule has 0 aromatic heterocycles. The van der Waals surface area contributed by atoms with Crippen LogP contribution in [0.3, 0.4) is 0 Å². The molecule has 0 unspecified atom stereocenters. The average Bonchev–Trinajstić information content (AvgIpc) is 1.99. The molecule has 0 aliphatic heterocycles. The minimum absolute atomic E-state index is 0.0294. The molecule has 0 fully saturated rings. The summed E-state index contributed by atoms with van der Waals surface area (Å²) in [6.45, 7) is 1.84. The molecule has 0 aliphatic carbocycles. The molecule has 0 radical (unpaired) electrons. The zero-order chi connectivity index (χ0) is 10.0. The first kappa shape index (κ1) is 10.5. The number of rotatable bonds is 2. The predicted molar refractivity (Wildman–Crippen MR) is 55.2 cm³/mol. The minimum atomic E-state index is -0.836. The van der Waals surface area contributed by atoms with Gasteiger partial charge >= 0.3 is 5.97 Å². The van der Waals surface area contributed by atoms with Crippen molar-refractivity contribution >= 4 is 33.5 Å². The Kier molecular flexibility index (Phi) is 3.33. The molecule has 0 heterocycles. The van der Waals surface area contributed by atoms with E-state index in [0.717, 1.165) is 15.6 Å². The lowest BCUT2D eigenvalue weighted by molar-refractivity contribution is -0.136. The van der Waals surface area contributed by atoms with Gasteiger partial charge in [-0.15, -0.1) is 0 Å². The Bertz CT molecular complexity index is 350. The van der Waals surface area contributed by atoms with Gasteiger partial charge in [0.25, 0.3) is 0 Å². The van der Waals surface area contributed by atoms with Crippen LogP contribution in [0, 0.1) is 6.92 Å². The number of halogens is 2. The number of carboxylic acid groups (broad SMARTS) is 1. The summed E-state index contributed by atoms with van der Waals surface area (Å²) in [5.74, 6) is -0.836. The molecular weight excluding hydrogens is 255 g/mol. The van der Waals surface area contributed by atoms with E-state index in [0.29, 0.717) is 5.02 Å². The van der Waals surface area contributed by atoms with E-state index in [1.54, 1.807) is 12.1 Å². The number of aryl methyl sites for hydroxylation is 1. The quantitative estimate of drug-likeness (QED) is 0.890. The third kappa shape index (κ3) is 2.71. The topological polar surface area (TPSA) is 37.3 Å². The molecule has 70 valence electrons. The van der Waals surface area contributed by atoms with Gasteiger partial charge in [0.1, 0.15) is 0 Å². The maximum absolute atomic E-state index is 10.5. The zero-order valence-electron chi connectivity index (χ0n) is 6.97. The van der Waals surface area contributed by atoms with Gasteiger partial charge in [-0.05, 0) is 46.1 Å². The molecule has 13 heavy (non-hydrogen) atoms. The normalized spacial score (nSPS) is 10.1. The lowest BCUT2D eigenvalue weighted by Gasteiger charge is -2.05. The van der Waals surface area contributed by atoms with Gasteiger partial charge in [0.2, 0.25) is 0 Å². The molecule has 2 nitrogen and oxygen atoms in total. The fourth-order valence-electron chi connectivity index (χ4n) is 1.04. The van der Waals surface area contributed by atoms with Crippen molar-refractivity contribution in [2.24, 2.45) is 0 Å². The Balaban J connectivity index is 3.08. The molecule has 0 amide bonds. The smallest absolute Gasteiger partial charge is 0.307 e. The van der Waals surface area contributed by atoms with Crippen molar-refractivity contribution in [1.29, 1.82) is 0 Å². The van der Waals surface area contributed by atoms with E-state index in [-0.39, 0.29) is 6.42 Å². The standard InChI is InChI=1S/C9H8BrClO2/c1-5-2-8(11)7(10)3-6(5)4-9(12)13/h2-3H,4H2,1H3,(H,12,13). The first-order valence-electron chi connectivity index (χ1n) is 3.67. The third-order valence-corrected chi connectivity index (χ3v) is 2.92. The van der Waals surface area contributed by atoms with Crippen LogP contribution in [-0.2, 0) is 11.2 Å². The molecule has 0 bridgehead atoms. The number of carbonyl (C=O) groups is 1. The molecule has 4 heteroatoms. The highest BCUT2D eigenvalue weighted by Crippen LogP contribution is 2.26. The first-order chi connectivity index (χ1) is 6.00. The van der Waals surface area contributed by atoms with E-state index < -0.39 is 5.97 Å². The van der Waals surface area contributed by atoms with Gasteiger partial charge in [-0.2, -0.15) is 0 Å². The maximum Gasteiger partial charge on any atom is 0.307 e. The van der Waals surface area contributed by atoms with Gasteiger partial charge < -0.3 is 5.11 Å². The van der Waals surface area contributed by atoms with Crippen LogP contribution in [0.15, 0.2) is 16.6 Å². The average molecular weight is 264 g/mol. The molecule has 0 saturated carbocycles. The lowest BCUT2D eigenvalue weighted by atomic mass is 10.1. The van der Waals surface area contributed by atoms with Gasteiger partial charge in [-0.25, -0.2) is 0 Å². The van der Waals surface area contributed by atoms with Crippen molar-refractivity contribution in [3.05, 3.63) is 32.8 Å². The first-order valence-corrected chi connectivity index (χ1v) is 4.84. The van der Waals surface area contributed by atoms with Crippen LogP contribution in [0.4, 0.5) is 0 Å². The molecule has 0 atom stereocenters. The predicted octanol–water partition coefficient (Wildman–Crippen LogP) is 3.04. The van der Waals surface area contributed by atoms with E-state index in [1.165, 1.54) is 0 Å². The Hall–Kier alpha value is -0.540. The van der Waals surface area contributed by atoms with Gasteiger partial charge in [0, 0.05) is 4.47 Å². The fourth-order valence-corrected chi connectivity index (χ4v) is 1.65. The summed E-state index contributed by atoms with van der Waals surface area (Å²) in [7, 11) is 0. The maximum atomic E-state index is 10.5. The molecule has 0 aliphatic rings. The molecule has 1 aromatic rings. The van der Waals surface area contributed by atoms with Crippen LogP contribution in [0.25, 0.3) is 0 Å². The third-order valence-electron chi connectivity index (χ3n) is 1.72. The SMILES string of the molecule is Cc1cc(Cl)c(Br)cc1CC(=O)O. The van der Waals surface area contributed by atoms with Crippen molar-refractivity contribution in [2.75, 3.05) is 0 Å². The van der Waals surface area contributed by atoms with Crippen LogP contribution >= 0.6 is 27.5 Å².